The lowest BCUT2D eigenvalue weighted by Crippen LogP contribution is -2.34. The number of hydrogen-bond acceptors (Lipinski definition) is 2. The van der Waals surface area contributed by atoms with Gasteiger partial charge in [-0.1, -0.05) is 24.3 Å². The quantitative estimate of drug-likeness (QED) is 0.622. The highest BCUT2D eigenvalue weighted by Crippen LogP contribution is 2.39. The Morgan fingerprint density at radius 3 is 2.86 bits per heavy atom. The van der Waals surface area contributed by atoms with Crippen molar-refractivity contribution in [3.63, 3.8) is 0 Å². The van der Waals surface area contributed by atoms with Crippen LogP contribution in [-0.4, -0.2) is 18.0 Å². The second-order valence-corrected chi connectivity index (χ2v) is 4.11. The second-order valence-electron chi connectivity index (χ2n) is 4.11. The standard InChI is InChI=1S/C12H12O2/c13-11-10-5-2-1-4-9(10)8-12(11)6-3-7-14-12/h1-2,4-5H,3,6-8H2/t12-/m1/s1. The van der Waals surface area contributed by atoms with Crippen LogP contribution in [0.25, 0.3) is 0 Å². The summed E-state index contributed by atoms with van der Waals surface area (Å²) in [5, 5.41) is 0. The van der Waals surface area contributed by atoms with Crippen LogP contribution in [-0.2, 0) is 11.2 Å². The maximum Gasteiger partial charge on any atom is 0.195 e. The summed E-state index contributed by atoms with van der Waals surface area (Å²) in [5.74, 6) is 0.200. The van der Waals surface area contributed by atoms with E-state index in [1.165, 1.54) is 0 Å². The Morgan fingerprint density at radius 2 is 2.14 bits per heavy atom. The Balaban J connectivity index is 2.09. The van der Waals surface area contributed by atoms with Gasteiger partial charge in [-0.2, -0.15) is 0 Å². The van der Waals surface area contributed by atoms with Crippen LogP contribution in [0.4, 0.5) is 0 Å². The van der Waals surface area contributed by atoms with Crippen molar-refractivity contribution in [1.29, 1.82) is 0 Å². The molecule has 1 saturated heterocycles. The van der Waals surface area contributed by atoms with Crippen LogP contribution in [0.5, 0.6) is 0 Å². The predicted molar refractivity (Wildman–Crippen MR) is 52.4 cm³/mol. The second kappa shape index (κ2) is 2.67. The van der Waals surface area contributed by atoms with Gasteiger partial charge in [-0.3, -0.25) is 4.79 Å². The predicted octanol–water partition coefficient (Wildman–Crippen LogP) is 1.97. The lowest BCUT2D eigenvalue weighted by atomic mass is 9.96. The molecule has 1 heterocycles. The van der Waals surface area contributed by atoms with Crippen LogP contribution < -0.4 is 0 Å². The third-order valence-corrected chi connectivity index (χ3v) is 3.26. The molecule has 0 bridgehead atoms. The van der Waals surface area contributed by atoms with E-state index in [1.807, 2.05) is 24.3 Å². The Morgan fingerprint density at radius 1 is 1.29 bits per heavy atom. The van der Waals surface area contributed by atoms with E-state index in [9.17, 15) is 4.79 Å². The van der Waals surface area contributed by atoms with Crippen molar-refractivity contribution in [3.8, 4) is 0 Å². The number of carbonyl (C=O) groups is 1. The van der Waals surface area contributed by atoms with Gasteiger partial charge in [0.1, 0.15) is 5.60 Å². The van der Waals surface area contributed by atoms with Crippen molar-refractivity contribution < 1.29 is 9.53 Å². The fourth-order valence-corrected chi connectivity index (χ4v) is 2.55. The van der Waals surface area contributed by atoms with E-state index < -0.39 is 5.60 Å². The van der Waals surface area contributed by atoms with Gasteiger partial charge in [0.2, 0.25) is 0 Å². The van der Waals surface area contributed by atoms with Crippen LogP contribution in [0.3, 0.4) is 0 Å². The highest BCUT2D eigenvalue weighted by molar-refractivity contribution is 6.07. The molecule has 1 spiro atoms. The third kappa shape index (κ3) is 0.919. The highest BCUT2D eigenvalue weighted by atomic mass is 16.5. The SMILES string of the molecule is O=C1c2ccccc2C[C@]12CCCO2. The molecule has 0 amide bonds. The number of carbonyl (C=O) groups excluding carboxylic acids is 1. The summed E-state index contributed by atoms with van der Waals surface area (Å²) in [5.41, 5.74) is 1.54. The van der Waals surface area contributed by atoms with Crippen LogP contribution in [0.2, 0.25) is 0 Å². The van der Waals surface area contributed by atoms with Gasteiger partial charge in [-0.15, -0.1) is 0 Å². The minimum absolute atomic E-state index is 0.200. The van der Waals surface area contributed by atoms with E-state index >= 15 is 0 Å². The van der Waals surface area contributed by atoms with E-state index in [0.29, 0.717) is 0 Å². The summed E-state index contributed by atoms with van der Waals surface area (Å²) >= 11 is 0. The zero-order valence-corrected chi connectivity index (χ0v) is 7.95. The molecule has 1 aromatic carbocycles. The van der Waals surface area contributed by atoms with Gasteiger partial charge in [-0.25, -0.2) is 0 Å². The van der Waals surface area contributed by atoms with Gasteiger partial charge in [0.15, 0.2) is 5.78 Å². The van der Waals surface area contributed by atoms with Crippen LogP contribution in [0.15, 0.2) is 24.3 Å². The first-order chi connectivity index (χ1) is 6.82. The Labute approximate surface area is 82.9 Å². The average molecular weight is 188 g/mol. The van der Waals surface area contributed by atoms with Gasteiger partial charge < -0.3 is 4.74 Å². The van der Waals surface area contributed by atoms with Gasteiger partial charge in [0.25, 0.3) is 0 Å². The van der Waals surface area contributed by atoms with Crippen LogP contribution in [0, 0.1) is 0 Å². The molecule has 3 rings (SSSR count). The van der Waals surface area contributed by atoms with Crippen LogP contribution in [0.1, 0.15) is 28.8 Å². The van der Waals surface area contributed by atoms with Gasteiger partial charge >= 0.3 is 0 Å². The van der Waals surface area contributed by atoms with Gasteiger partial charge in [0.05, 0.1) is 0 Å². The van der Waals surface area contributed by atoms with Crippen molar-refractivity contribution >= 4 is 5.78 Å². The minimum atomic E-state index is -0.482. The molecule has 1 aliphatic carbocycles. The number of Topliss-reactive ketones (excluding diaryl/α,β-unsaturated/α-hetero) is 1. The van der Waals surface area contributed by atoms with Crippen molar-refractivity contribution in [2.75, 3.05) is 6.61 Å². The smallest absolute Gasteiger partial charge is 0.195 e. The van der Waals surface area contributed by atoms with Crippen molar-refractivity contribution in [3.05, 3.63) is 35.4 Å². The maximum atomic E-state index is 12.1. The molecular weight excluding hydrogens is 176 g/mol. The molecule has 0 unspecified atom stereocenters. The minimum Gasteiger partial charge on any atom is -0.366 e. The van der Waals surface area contributed by atoms with E-state index in [0.717, 1.165) is 37.0 Å². The summed E-state index contributed by atoms with van der Waals surface area (Å²) < 4.78 is 5.65. The zero-order valence-electron chi connectivity index (χ0n) is 7.95. The van der Waals surface area contributed by atoms with E-state index in [1.54, 1.807) is 0 Å². The number of benzene rings is 1. The first kappa shape index (κ1) is 8.18. The molecule has 1 aromatic rings. The molecule has 1 fully saturated rings. The summed E-state index contributed by atoms with van der Waals surface area (Å²) in [4.78, 5) is 12.1. The molecule has 2 aliphatic rings. The number of hydrogen-bond donors (Lipinski definition) is 0. The fourth-order valence-electron chi connectivity index (χ4n) is 2.55. The number of rotatable bonds is 0. The molecule has 1 atom stereocenters. The average Bonchev–Trinajstić information content (AvgIpc) is 2.77. The molecule has 0 radical (unpaired) electrons. The van der Waals surface area contributed by atoms with Crippen molar-refractivity contribution in [1.82, 2.24) is 0 Å². The molecular formula is C12H12O2. The van der Waals surface area contributed by atoms with E-state index in [2.05, 4.69) is 0 Å². The molecule has 1 aliphatic heterocycles. The molecule has 0 aromatic heterocycles. The summed E-state index contributed by atoms with van der Waals surface area (Å²) in [7, 11) is 0. The van der Waals surface area contributed by atoms with E-state index in [4.69, 9.17) is 4.74 Å². The monoisotopic (exact) mass is 188 g/mol. The first-order valence-electron chi connectivity index (χ1n) is 5.08. The number of fused-ring (bicyclic) bond motifs is 1. The molecule has 2 nitrogen and oxygen atoms in total. The molecule has 0 N–H and O–H groups in total. The van der Waals surface area contributed by atoms with E-state index in [-0.39, 0.29) is 5.78 Å². The Hall–Kier alpha value is -1.15. The fraction of sp³-hybridized carbons (Fsp3) is 0.417. The lowest BCUT2D eigenvalue weighted by molar-refractivity contribution is 0.0167. The Kier molecular flexibility index (Phi) is 1.56. The van der Waals surface area contributed by atoms with Gasteiger partial charge in [-0.05, 0) is 18.4 Å². The topological polar surface area (TPSA) is 26.3 Å². The summed E-state index contributed by atoms with van der Waals surface area (Å²) in [6.45, 7) is 0.736. The Bertz CT molecular complexity index is 389. The number of ether oxygens (including phenoxy) is 1. The first-order valence-corrected chi connectivity index (χ1v) is 5.08. The molecule has 72 valence electrons. The maximum absolute atomic E-state index is 12.1. The van der Waals surface area contributed by atoms with Gasteiger partial charge in [0, 0.05) is 18.6 Å². The largest absolute Gasteiger partial charge is 0.366 e. The lowest BCUT2D eigenvalue weighted by Gasteiger charge is -2.19. The third-order valence-electron chi connectivity index (χ3n) is 3.26. The molecule has 14 heavy (non-hydrogen) atoms. The van der Waals surface area contributed by atoms with Crippen LogP contribution >= 0.6 is 0 Å². The van der Waals surface area contributed by atoms with Crippen molar-refractivity contribution in [2.45, 2.75) is 24.9 Å². The molecule has 2 heteroatoms. The summed E-state index contributed by atoms with van der Waals surface area (Å²) in [6.07, 6.45) is 2.68. The zero-order chi connectivity index (χ0) is 9.60. The number of ketones is 1. The normalized spacial score (nSPS) is 29.9. The summed E-state index contributed by atoms with van der Waals surface area (Å²) in [6, 6.07) is 7.85. The molecule has 0 saturated carbocycles. The highest BCUT2D eigenvalue weighted by Gasteiger charge is 2.48. The van der Waals surface area contributed by atoms with Crippen molar-refractivity contribution in [2.24, 2.45) is 0 Å².